The Bertz CT molecular complexity index is 359. The molecule has 0 aliphatic heterocycles. The third-order valence-electron chi connectivity index (χ3n) is 2.98. The van der Waals surface area contributed by atoms with E-state index in [0.29, 0.717) is 29.2 Å². The van der Waals surface area contributed by atoms with E-state index in [-0.39, 0.29) is 5.82 Å². The molecule has 0 heterocycles. The fraction of sp³-hybridized carbons (Fsp3) is 0.538. The van der Waals surface area contributed by atoms with E-state index in [4.69, 9.17) is 11.6 Å². The van der Waals surface area contributed by atoms with E-state index >= 15 is 0 Å². The molecule has 94 valence electrons. The van der Waals surface area contributed by atoms with Crippen molar-refractivity contribution in [3.63, 3.8) is 0 Å². The molecular weight excluding hydrogens is 239 g/mol. The first-order chi connectivity index (χ1) is 8.16. The minimum atomic E-state index is -0.243. The maximum atomic E-state index is 13.5. The molecule has 1 saturated carbocycles. The molecule has 0 radical (unpaired) electrons. The standard InChI is InChI=1S/C13H18ClFN2/c1-9(7-17-10-5-6-10)16-8-11-12(14)3-2-4-13(11)15/h2-4,9-10,16-17H,5-8H2,1H3. The Morgan fingerprint density at radius 2 is 2.24 bits per heavy atom. The SMILES string of the molecule is CC(CNC1CC1)NCc1c(F)cccc1Cl. The van der Waals surface area contributed by atoms with Gasteiger partial charge in [0, 0.05) is 35.8 Å². The van der Waals surface area contributed by atoms with Gasteiger partial charge in [-0.3, -0.25) is 0 Å². The summed E-state index contributed by atoms with van der Waals surface area (Å²) in [6.07, 6.45) is 2.57. The summed E-state index contributed by atoms with van der Waals surface area (Å²) in [6.45, 7) is 3.47. The Hall–Kier alpha value is -0.640. The Kier molecular flexibility index (Phi) is 4.37. The summed E-state index contributed by atoms with van der Waals surface area (Å²) < 4.78 is 13.5. The first-order valence-corrected chi connectivity index (χ1v) is 6.44. The normalized spacial score (nSPS) is 17.1. The Balaban J connectivity index is 1.79. The summed E-state index contributed by atoms with van der Waals surface area (Å²) >= 11 is 5.95. The van der Waals surface area contributed by atoms with Gasteiger partial charge in [-0.05, 0) is 31.9 Å². The molecule has 17 heavy (non-hydrogen) atoms. The molecule has 0 amide bonds. The summed E-state index contributed by atoms with van der Waals surface area (Å²) in [5.41, 5.74) is 0.549. The van der Waals surface area contributed by atoms with Crippen LogP contribution in [0, 0.1) is 5.82 Å². The molecule has 1 aliphatic carbocycles. The van der Waals surface area contributed by atoms with Crippen molar-refractivity contribution in [3.05, 3.63) is 34.6 Å². The van der Waals surface area contributed by atoms with Crippen LogP contribution in [0.25, 0.3) is 0 Å². The van der Waals surface area contributed by atoms with E-state index < -0.39 is 0 Å². The third-order valence-corrected chi connectivity index (χ3v) is 3.33. The van der Waals surface area contributed by atoms with Crippen molar-refractivity contribution in [2.75, 3.05) is 6.54 Å². The van der Waals surface area contributed by atoms with Crippen molar-refractivity contribution in [2.45, 2.75) is 38.4 Å². The number of hydrogen-bond donors (Lipinski definition) is 2. The molecular formula is C13H18ClFN2. The van der Waals surface area contributed by atoms with Gasteiger partial charge in [-0.25, -0.2) is 4.39 Å². The highest BCUT2D eigenvalue weighted by Gasteiger charge is 2.20. The Labute approximate surface area is 107 Å². The van der Waals surface area contributed by atoms with Crippen LogP contribution >= 0.6 is 11.6 Å². The highest BCUT2D eigenvalue weighted by Crippen LogP contribution is 2.19. The fourth-order valence-corrected chi connectivity index (χ4v) is 1.91. The van der Waals surface area contributed by atoms with E-state index in [1.54, 1.807) is 12.1 Å². The van der Waals surface area contributed by atoms with Crippen molar-refractivity contribution in [1.29, 1.82) is 0 Å². The van der Waals surface area contributed by atoms with E-state index in [9.17, 15) is 4.39 Å². The molecule has 1 unspecified atom stereocenters. The lowest BCUT2D eigenvalue weighted by Crippen LogP contribution is -2.37. The monoisotopic (exact) mass is 256 g/mol. The Morgan fingerprint density at radius 3 is 2.88 bits per heavy atom. The second-order valence-corrected chi connectivity index (χ2v) is 5.07. The summed E-state index contributed by atoms with van der Waals surface area (Å²) in [6, 6.07) is 5.80. The van der Waals surface area contributed by atoms with E-state index in [0.717, 1.165) is 6.54 Å². The van der Waals surface area contributed by atoms with E-state index in [2.05, 4.69) is 17.6 Å². The van der Waals surface area contributed by atoms with Gasteiger partial charge in [-0.2, -0.15) is 0 Å². The topological polar surface area (TPSA) is 24.1 Å². The van der Waals surface area contributed by atoms with E-state index in [1.165, 1.54) is 18.9 Å². The molecule has 0 bridgehead atoms. The highest BCUT2D eigenvalue weighted by molar-refractivity contribution is 6.31. The molecule has 1 fully saturated rings. The van der Waals surface area contributed by atoms with Crippen LogP contribution in [0.5, 0.6) is 0 Å². The first-order valence-electron chi connectivity index (χ1n) is 6.06. The molecule has 2 nitrogen and oxygen atoms in total. The van der Waals surface area contributed by atoms with Gasteiger partial charge in [-0.1, -0.05) is 17.7 Å². The van der Waals surface area contributed by atoms with Gasteiger partial charge in [-0.15, -0.1) is 0 Å². The average Bonchev–Trinajstić information content (AvgIpc) is 3.09. The highest BCUT2D eigenvalue weighted by atomic mass is 35.5. The van der Waals surface area contributed by atoms with Crippen molar-refractivity contribution in [2.24, 2.45) is 0 Å². The molecule has 2 N–H and O–H groups in total. The van der Waals surface area contributed by atoms with Crippen LogP contribution < -0.4 is 10.6 Å². The molecule has 0 aromatic heterocycles. The quantitative estimate of drug-likeness (QED) is 0.818. The smallest absolute Gasteiger partial charge is 0.129 e. The molecule has 0 saturated heterocycles. The average molecular weight is 257 g/mol. The van der Waals surface area contributed by atoms with Crippen molar-refractivity contribution < 1.29 is 4.39 Å². The Morgan fingerprint density at radius 1 is 1.47 bits per heavy atom. The van der Waals surface area contributed by atoms with Gasteiger partial charge in [0.15, 0.2) is 0 Å². The lowest BCUT2D eigenvalue weighted by atomic mass is 10.2. The fourth-order valence-electron chi connectivity index (χ4n) is 1.68. The van der Waals surface area contributed by atoms with Crippen molar-refractivity contribution in [3.8, 4) is 0 Å². The summed E-state index contributed by atoms with van der Waals surface area (Å²) in [5.74, 6) is -0.243. The van der Waals surface area contributed by atoms with Crippen molar-refractivity contribution in [1.82, 2.24) is 10.6 Å². The van der Waals surface area contributed by atoms with Gasteiger partial charge in [0.25, 0.3) is 0 Å². The number of nitrogens with one attached hydrogen (secondary N) is 2. The molecule has 0 spiro atoms. The molecule has 1 aromatic carbocycles. The van der Waals surface area contributed by atoms with Crippen LogP contribution in [0.1, 0.15) is 25.3 Å². The summed E-state index contributed by atoms with van der Waals surface area (Å²) in [5, 5.41) is 7.20. The van der Waals surface area contributed by atoms with Crippen molar-refractivity contribution >= 4 is 11.6 Å². The molecule has 1 atom stereocenters. The minimum absolute atomic E-state index is 0.243. The van der Waals surface area contributed by atoms with Gasteiger partial charge >= 0.3 is 0 Å². The van der Waals surface area contributed by atoms with Gasteiger partial charge in [0.2, 0.25) is 0 Å². The first kappa shape index (κ1) is 12.8. The second-order valence-electron chi connectivity index (χ2n) is 4.66. The lowest BCUT2D eigenvalue weighted by Gasteiger charge is -2.15. The van der Waals surface area contributed by atoms with Gasteiger partial charge in [0.1, 0.15) is 5.82 Å². The maximum Gasteiger partial charge on any atom is 0.129 e. The predicted molar refractivity (Wildman–Crippen MR) is 68.7 cm³/mol. The second kappa shape index (κ2) is 5.80. The number of rotatable bonds is 6. The summed E-state index contributed by atoms with van der Waals surface area (Å²) in [7, 11) is 0. The van der Waals surface area contributed by atoms with Crippen LogP contribution in [0.2, 0.25) is 5.02 Å². The third kappa shape index (κ3) is 3.95. The van der Waals surface area contributed by atoms with Gasteiger partial charge in [0.05, 0.1) is 0 Å². The zero-order chi connectivity index (χ0) is 12.3. The molecule has 2 rings (SSSR count). The minimum Gasteiger partial charge on any atom is -0.312 e. The van der Waals surface area contributed by atoms with Crippen LogP contribution in [0.4, 0.5) is 4.39 Å². The van der Waals surface area contributed by atoms with Crippen LogP contribution in [-0.2, 0) is 6.54 Å². The van der Waals surface area contributed by atoms with Gasteiger partial charge < -0.3 is 10.6 Å². The predicted octanol–water partition coefficient (Wildman–Crippen LogP) is 2.71. The van der Waals surface area contributed by atoms with Crippen LogP contribution in [0.15, 0.2) is 18.2 Å². The molecule has 4 heteroatoms. The van der Waals surface area contributed by atoms with E-state index in [1.807, 2.05) is 0 Å². The molecule has 1 aromatic rings. The zero-order valence-electron chi connectivity index (χ0n) is 9.97. The summed E-state index contributed by atoms with van der Waals surface area (Å²) in [4.78, 5) is 0. The largest absolute Gasteiger partial charge is 0.312 e. The molecule has 1 aliphatic rings. The maximum absolute atomic E-state index is 13.5. The zero-order valence-corrected chi connectivity index (χ0v) is 10.7. The number of benzene rings is 1. The number of hydrogen-bond acceptors (Lipinski definition) is 2. The van der Waals surface area contributed by atoms with Crippen LogP contribution in [0.3, 0.4) is 0 Å². The number of halogens is 2. The van der Waals surface area contributed by atoms with Crippen LogP contribution in [-0.4, -0.2) is 18.6 Å². The lowest BCUT2D eigenvalue weighted by molar-refractivity contribution is 0.490.